The van der Waals surface area contributed by atoms with Crippen molar-refractivity contribution in [3.8, 4) is 0 Å². The summed E-state index contributed by atoms with van der Waals surface area (Å²) in [4.78, 5) is 17.1. The van der Waals surface area contributed by atoms with Crippen molar-refractivity contribution in [3.63, 3.8) is 0 Å². The van der Waals surface area contributed by atoms with Crippen molar-refractivity contribution in [1.29, 1.82) is 0 Å². The molecule has 0 radical (unpaired) electrons. The normalized spacial score (nSPS) is 23.1. The van der Waals surface area contributed by atoms with Crippen molar-refractivity contribution in [2.75, 3.05) is 19.6 Å². The van der Waals surface area contributed by atoms with Gasteiger partial charge in [-0.3, -0.25) is 9.69 Å². The molecule has 0 aliphatic carbocycles. The van der Waals surface area contributed by atoms with E-state index < -0.39 is 0 Å². The Kier molecular flexibility index (Phi) is 5.85. The Labute approximate surface area is 141 Å². The molecule has 0 spiro atoms. The van der Waals surface area contributed by atoms with Crippen LogP contribution in [0.1, 0.15) is 46.6 Å². The number of carbonyl (C=O) groups is 1. The van der Waals surface area contributed by atoms with Gasteiger partial charge >= 0.3 is 0 Å². The zero-order valence-electron chi connectivity index (χ0n) is 15.4. The predicted molar refractivity (Wildman–Crippen MR) is 96.4 cm³/mol. The fraction of sp³-hybridized carbons (Fsp3) is 0.650. The van der Waals surface area contributed by atoms with Crippen LogP contribution in [0.3, 0.4) is 0 Å². The minimum Gasteiger partial charge on any atom is -0.340 e. The van der Waals surface area contributed by atoms with Gasteiger partial charge in [-0.2, -0.15) is 0 Å². The van der Waals surface area contributed by atoms with Crippen LogP contribution in [0.5, 0.6) is 0 Å². The first-order valence-electron chi connectivity index (χ1n) is 8.84. The average molecular weight is 316 g/mol. The maximum Gasteiger partial charge on any atom is 0.223 e. The molecule has 23 heavy (non-hydrogen) atoms. The van der Waals surface area contributed by atoms with Crippen molar-refractivity contribution in [2.24, 2.45) is 5.41 Å². The third kappa shape index (κ3) is 5.35. The summed E-state index contributed by atoms with van der Waals surface area (Å²) >= 11 is 0. The molecule has 1 aromatic carbocycles. The molecular formula is C20H32N2O. The molecule has 0 aromatic heterocycles. The first kappa shape index (κ1) is 18.0. The second-order valence-electron chi connectivity index (χ2n) is 8.21. The van der Waals surface area contributed by atoms with E-state index >= 15 is 0 Å². The fourth-order valence-electron chi connectivity index (χ4n) is 3.47. The molecule has 1 fully saturated rings. The molecule has 3 nitrogen and oxygen atoms in total. The van der Waals surface area contributed by atoms with Crippen molar-refractivity contribution in [2.45, 2.75) is 59.5 Å². The van der Waals surface area contributed by atoms with E-state index in [9.17, 15) is 4.79 Å². The van der Waals surface area contributed by atoms with Crippen LogP contribution in [0.4, 0.5) is 0 Å². The first-order chi connectivity index (χ1) is 10.8. The Morgan fingerprint density at radius 2 is 1.65 bits per heavy atom. The number of hydrogen-bond acceptors (Lipinski definition) is 2. The van der Waals surface area contributed by atoms with Crippen LogP contribution in [0.2, 0.25) is 0 Å². The monoisotopic (exact) mass is 316 g/mol. The van der Waals surface area contributed by atoms with E-state index in [4.69, 9.17) is 0 Å². The maximum atomic E-state index is 12.5. The number of hydrogen-bond donors (Lipinski definition) is 0. The molecule has 2 unspecified atom stereocenters. The van der Waals surface area contributed by atoms with Gasteiger partial charge in [0.1, 0.15) is 0 Å². The average Bonchev–Trinajstić information content (AvgIpc) is 2.45. The number of nitrogens with zero attached hydrogens (tertiary/aromatic N) is 2. The lowest BCUT2D eigenvalue weighted by Crippen LogP contribution is -2.58. The van der Waals surface area contributed by atoms with E-state index in [1.807, 2.05) is 0 Å². The van der Waals surface area contributed by atoms with E-state index in [1.54, 1.807) is 0 Å². The lowest BCUT2D eigenvalue weighted by Gasteiger charge is -2.45. The van der Waals surface area contributed by atoms with Gasteiger partial charge in [0.15, 0.2) is 0 Å². The summed E-state index contributed by atoms with van der Waals surface area (Å²) in [5.41, 5.74) is 1.45. The largest absolute Gasteiger partial charge is 0.340 e. The molecular weight excluding hydrogens is 284 g/mol. The van der Waals surface area contributed by atoms with E-state index in [-0.39, 0.29) is 5.41 Å². The highest BCUT2D eigenvalue weighted by atomic mass is 16.2. The smallest absolute Gasteiger partial charge is 0.223 e. The Bertz CT molecular complexity index is 494. The highest BCUT2D eigenvalue weighted by molar-refractivity contribution is 5.77. The molecule has 1 amide bonds. The molecule has 0 saturated carbocycles. The summed E-state index contributed by atoms with van der Waals surface area (Å²) in [6.07, 6.45) is 1.71. The predicted octanol–water partition coefficient (Wildman–Crippen LogP) is 3.59. The van der Waals surface area contributed by atoms with Crippen molar-refractivity contribution >= 4 is 5.91 Å². The number of rotatable bonds is 4. The number of piperazine rings is 1. The summed E-state index contributed by atoms with van der Waals surface area (Å²) in [7, 11) is 0. The molecule has 1 heterocycles. The molecule has 1 aliphatic rings. The third-order valence-electron chi connectivity index (χ3n) is 4.64. The van der Waals surface area contributed by atoms with Crippen LogP contribution in [0.25, 0.3) is 0 Å². The van der Waals surface area contributed by atoms with E-state index in [0.717, 1.165) is 26.1 Å². The molecule has 3 heteroatoms. The molecule has 0 N–H and O–H groups in total. The molecule has 1 saturated heterocycles. The van der Waals surface area contributed by atoms with Gasteiger partial charge < -0.3 is 4.90 Å². The topological polar surface area (TPSA) is 23.6 Å². The van der Waals surface area contributed by atoms with E-state index in [1.165, 1.54) is 5.56 Å². The Hall–Kier alpha value is -1.35. The van der Waals surface area contributed by atoms with Gasteiger partial charge in [0.2, 0.25) is 5.91 Å². The maximum absolute atomic E-state index is 12.5. The third-order valence-corrected chi connectivity index (χ3v) is 4.64. The van der Waals surface area contributed by atoms with Crippen molar-refractivity contribution < 1.29 is 4.79 Å². The summed E-state index contributed by atoms with van der Waals surface area (Å²) in [6.45, 7) is 13.7. The number of benzene rings is 1. The zero-order valence-corrected chi connectivity index (χ0v) is 15.4. The van der Waals surface area contributed by atoms with Crippen LogP contribution in [-0.4, -0.2) is 47.4 Å². The summed E-state index contributed by atoms with van der Waals surface area (Å²) in [5.74, 6) is 0.305. The zero-order chi connectivity index (χ0) is 17.0. The van der Waals surface area contributed by atoms with Gasteiger partial charge in [0.25, 0.3) is 0 Å². The van der Waals surface area contributed by atoms with Gasteiger partial charge in [-0.25, -0.2) is 0 Å². The van der Waals surface area contributed by atoms with Gasteiger partial charge in [-0.1, -0.05) is 51.1 Å². The SMILES string of the molecule is CC1CN(C(=O)CC(C)(C)C)CC(C)N1CCc1ccccc1. The van der Waals surface area contributed by atoms with Gasteiger partial charge in [-0.15, -0.1) is 0 Å². The Morgan fingerprint density at radius 1 is 1.09 bits per heavy atom. The summed E-state index contributed by atoms with van der Waals surface area (Å²) in [5, 5.41) is 0. The minimum absolute atomic E-state index is 0.0635. The molecule has 1 aromatic rings. The summed E-state index contributed by atoms with van der Waals surface area (Å²) in [6, 6.07) is 11.5. The number of amides is 1. The van der Waals surface area contributed by atoms with Gasteiger partial charge in [0.05, 0.1) is 0 Å². The van der Waals surface area contributed by atoms with E-state index in [2.05, 4.69) is 74.8 Å². The highest BCUT2D eigenvalue weighted by Crippen LogP contribution is 2.23. The molecule has 2 atom stereocenters. The lowest BCUT2D eigenvalue weighted by molar-refractivity contribution is -0.137. The summed E-state index contributed by atoms with van der Waals surface area (Å²) < 4.78 is 0. The standard InChI is InChI=1S/C20H32N2O/c1-16-14-21(19(23)13-20(3,4)5)15-17(2)22(16)12-11-18-9-7-6-8-10-18/h6-10,16-17H,11-15H2,1-5H3. The van der Waals surface area contributed by atoms with Crippen LogP contribution in [0, 0.1) is 5.41 Å². The molecule has 128 valence electrons. The van der Waals surface area contributed by atoms with Crippen molar-refractivity contribution in [1.82, 2.24) is 9.80 Å². The molecule has 0 bridgehead atoms. The number of carbonyl (C=O) groups excluding carboxylic acids is 1. The van der Waals surface area contributed by atoms with E-state index in [0.29, 0.717) is 24.4 Å². The lowest BCUT2D eigenvalue weighted by atomic mass is 9.91. The first-order valence-corrected chi connectivity index (χ1v) is 8.84. The molecule has 1 aliphatic heterocycles. The molecule has 2 rings (SSSR count). The highest BCUT2D eigenvalue weighted by Gasteiger charge is 2.32. The van der Waals surface area contributed by atoms with Gasteiger partial charge in [-0.05, 0) is 31.2 Å². The van der Waals surface area contributed by atoms with Crippen LogP contribution < -0.4 is 0 Å². The van der Waals surface area contributed by atoms with Gasteiger partial charge in [0, 0.05) is 38.1 Å². The minimum atomic E-state index is 0.0635. The second kappa shape index (κ2) is 7.48. The second-order valence-corrected chi connectivity index (χ2v) is 8.21. The van der Waals surface area contributed by atoms with Crippen LogP contribution >= 0.6 is 0 Å². The Balaban J connectivity index is 1.90. The fourth-order valence-corrected chi connectivity index (χ4v) is 3.47. The Morgan fingerprint density at radius 3 is 2.17 bits per heavy atom. The quantitative estimate of drug-likeness (QED) is 0.847. The van der Waals surface area contributed by atoms with Crippen LogP contribution in [0.15, 0.2) is 30.3 Å². The van der Waals surface area contributed by atoms with Crippen molar-refractivity contribution in [3.05, 3.63) is 35.9 Å². The van der Waals surface area contributed by atoms with Crippen LogP contribution in [-0.2, 0) is 11.2 Å².